The van der Waals surface area contributed by atoms with Crippen LogP contribution in [0.1, 0.15) is 32.4 Å². The Kier molecular flexibility index (Phi) is 8.61. The van der Waals surface area contributed by atoms with Crippen molar-refractivity contribution >= 4 is 47.3 Å². The highest BCUT2D eigenvalue weighted by molar-refractivity contribution is 8.01. The smallest absolute Gasteiger partial charge is 0.357 e. The number of aromatic nitrogens is 4. The summed E-state index contributed by atoms with van der Waals surface area (Å²) in [5.74, 6) is -2.00. The summed E-state index contributed by atoms with van der Waals surface area (Å²) in [4.78, 5) is 52.4. The first-order valence-electron chi connectivity index (χ1n) is 11.9. The molecule has 0 saturated carbocycles. The molecule has 1 saturated heterocycles. The van der Waals surface area contributed by atoms with Crippen LogP contribution in [-0.4, -0.2) is 83.7 Å². The van der Waals surface area contributed by atoms with Crippen molar-refractivity contribution in [2.75, 3.05) is 18.3 Å². The van der Waals surface area contributed by atoms with Crippen LogP contribution >= 0.6 is 23.5 Å². The molecule has 13 nitrogen and oxygen atoms in total. The summed E-state index contributed by atoms with van der Waals surface area (Å²) in [6, 6.07) is 7.41. The number of nitrogens with zero attached hydrogens (tertiary/aromatic N) is 5. The van der Waals surface area contributed by atoms with E-state index in [1.54, 1.807) is 58.2 Å². The fourth-order valence-electron chi connectivity index (χ4n) is 3.72. The van der Waals surface area contributed by atoms with Gasteiger partial charge in [-0.1, -0.05) is 42.1 Å². The van der Waals surface area contributed by atoms with E-state index in [0.717, 1.165) is 0 Å². The van der Waals surface area contributed by atoms with Crippen molar-refractivity contribution < 1.29 is 33.8 Å². The molecular formula is C24H28N6O7S2. The zero-order chi connectivity index (χ0) is 28.3. The molecule has 39 heavy (non-hydrogen) atoms. The molecule has 2 aliphatic rings. The first kappa shape index (κ1) is 28.6. The van der Waals surface area contributed by atoms with E-state index in [2.05, 4.69) is 20.8 Å². The molecule has 0 radical (unpaired) electrons. The zero-order valence-corrected chi connectivity index (χ0v) is 23.3. The first-order valence-corrected chi connectivity index (χ1v) is 13.9. The van der Waals surface area contributed by atoms with Crippen LogP contribution in [0.5, 0.6) is 0 Å². The molecule has 3 atom stereocenters. The van der Waals surface area contributed by atoms with Crippen molar-refractivity contribution in [1.29, 1.82) is 0 Å². The van der Waals surface area contributed by atoms with Crippen molar-refractivity contribution in [3.05, 3.63) is 47.2 Å². The Morgan fingerprint density at radius 1 is 1.23 bits per heavy atom. The van der Waals surface area contributed by atoms with Gasteiger partial charge in [-0.05, 0) is 42.3 Å². The predicted octanol–water partition coefficient (Wildman–Crippen LogP) is 0.780. The Labute approximate surface area is 232 Å². The van der Waals surface area contributed by atoms with Crippen molar-refractivity contribution in [3.63, 3.8) is 0 Å². The fraction of sp³-hybridized carbons (Fsp3) is 0.458. The molecule has 2 N–H and O–H groups in total. The van der Waals surface area contributed by atoms with Crippen molar-refractivity contribution in [1.82, 2.24) is 30.4 Å². The summed E-state index contributed by atoms with van der Waals surface area (Å²) < 4.78 is 11.8. The Balaban J connectivity index is 1.49. The van der Waals surface area contributed by atoms with Crippen LogP contribution in [0.25, 0.3) is 0 Å². The van der Waals surface area contributed by atoms with E-state index in [-0.39, 0.29) is 11.4 Å². The lowest BCUT2D eigenvalue weighted by atomic mass is 9.98. The van der Waals surface area contributed by atoms with Gasteiger partial charge in [-0.2, -0.15) is 0 Å². The lowest BCUT2D eigenvalue weighted by molar-refractivity contribution is -0.173. The van der Waals surface area contributed by atoms with E-state index in [0.29, 0.717) is 22.0 Å². The molecule has 3 heterocycles. The van der Waals surface area contributed by atoms with E-state index in [4.69, 9.17) is 9.47 Å². The maximum absolute atomic E-state index is 13.2. The average molecular weight is 577 g/mol. The third-order valence-corrected chi connectivity index (χ3v) is 8.29. The number of esters is 2. The van der Waals surface area contributed by atoms with Gasteiger partial charge in [0.25, 0.3) is 11.8 Å². The Bertz CT molecular complexity index is 1290. The zero-order valence-electron chi connectivity index (χ0n) is 21.7. The standard InChI is InChI=1S/C24H28N6O7S2/c1-24(2,3)22(35)37-12-36-21(34)16-14(11-39-23-26-27-28-29(23)4)10-38-20-15(19(33)30(16)20)25-18(32)17(31)13-8-6-5-7-9-13/h5-9,15,17,20,31H,10-12H2,1-4H3,(H,25,32)/t15?,17-,20-/m1/s1. The third-order valence-electron chi connectivity index (χ3n) is 5.85. The molecule has 1 unspecified atom stereocenters. The maximum atomic E-state index is 13.2. The SMILES string of the molecule is Cn1nnnc1SCC1=C(C(=O)OCOC(=O)C(C)(C)C)N2C(=O)C(NC(=O)[C@H](O)c3ccccc3)[C@H]2SC1. The highest BCUT2D eigenvalue weighted by Crippen LogP contribution is 2.42. The van der Waals surface area contributed by atoms with Gasteiger partial charge in [-0.3, -0.25) is 19.3 Å². The molecule has 2 aliphatic heterocycles. The minimum Gasteiger partial charge on any atom is -0.427 e. The normalized spacial score (nSPS) is 19.6. The molecule has 2 aromatic rings. The number of hydrogen-bond acceptors (Lipinski definition) is 12. The average Bonchev–Trinajstić information content (AvgIpc) is 3.33. The predicted molar refractivity (Wildman–Crippen MR) is 139 cm³/mol. The van der Waals surface area contributed by atoms with Crippen molar-refractivity contribution in [3.8, 4) is 0 Å². The van der Waals surface area contributed by atoms with Gasteiger partial charge >= 0.3 is 11.9 Å². The number of hydrogen-bond donors (Lipinski definition) is 2. The minimum atomic E-state index is -1.45. The van der Waals surface area contributed by atoms with Crippen LogP contribution in [-0.2, 0) is 35.7 Å². The molecule has 208 valence electrons. The van der Waals surface area contributed by atoms with Crippen LogP contribution < -0.4 is 5.32 Å². The van der Waals surface area contributed by atoms with Gasteiger partial charge in [0, 0.05) is 18.6 Å². The van der Waals surface area contributed by atoms with Gasteiger partial charge < -0.3 is 19.9 Å². The highest BCUT2D eigenvalue weighted by Gasteiger charge is 2.54. The number of aliphatic hydroxyl groups excluding tert-OH is 1. The van der Waals surface area contributed by atoms with Gasteiger partial charge in [-0.25, -0.2) is 9.48 Å². The van der Waals surface area contributed by atoms with Gasteiger partial charge in [0.05, 0.1) is 5.41 Å². The van der Waals surface area contributed by atoms with Gasteiger partial charge in [0.1, 0.15) is 17.1 Å². The summed E-state index contributed by atoms with van der Waals surface area (Å²) >= 11 is 2.64. The number of nitrogens with one attached hydrogen (secondary N) is 1. The Morgan fingerprint density at radius 3 is 2.59 bits per heavy atom. The number of aryl methyl sites for hydroxylation is 1. The van der Waals surface area contributed by atoms with Crippen molar-refractivity contribution in [2.24, 2.45) is 12.5 Å². The summed E-state index contributed by atoms with van der Waals surface area (Å²) in [7, 11) is 1.68. The van der Waals surface area contributed by atoms with E-state index in [9.17, 15) is 24.3 Å². The Morgan fingerprint density at radius 2 is 1.95 bits per heavy atom. The molecular weight excluding hydrogens is 548 g/mol. The lowest BCUT2D eigenvalue weighted by Gasteiger charge is -2.49. The molecule has 15 heteroatoms. The summed E-state index contributed by atoms with van der Waals surface area (Å²) in [6.45, 7) is 4.39. The maximum Gasteiger partial charge on any atom is 0.357 e. The molecule has 1 fully saturated rings. The van der Waals surface area contributed by atoms with Gasteiger partial charge in [-0.15, -0.1) is 16.9 Å². The van der Waals surface area contributed by atoms with Crippen LogP contribution in [0.2, 0.25) is 0 Å². The number of amides is 2. The quantitative estimate of drug-likeness (QED) is 0.187. The Hall–Kier alpha value is -3.43. The molecule has 0 spiro atoms. The number of carbonyl (C=O) groups is 4. The number of tetrazole rings is 1. The second kappa shape index (κ2) is 11.8. The highest BCUT2D eigenvalue weighted by atomic mass is 32.2. The second-order valence-electron chi connectivity index (χ2n) is 9.77. The minimum absolute atomic E-state index is 0.0206. The fourth-order valence-corrected chi connectivity index (χ4v) is 6.05. The van der Waals surface area contributed by atoms with Crippen LogP contribution in [0.3, 0.4) is 0 Å². The van der Waals surface area contributed by atoms with Gasteiger partial charge in [0.2, 0.25) is 11.9 Å². The molecule has 1 aromatic carbocycles. The molecule has 0 bridgehead atoms. The van der Waals surface area contributed by atoms with Crippen LogP contribution in [0, 0.1) is 5.41 Å². The van der Waals surface area contributed by atoms with Crippen LogP contribution in [0.15, 0.2) is 46.8 Å². The summed E-state index contributed by atoms with van der Waals surface area (Å²) in [5.41, 5.74) is 0.223. The second-order valence-corrected chi connectivity index (χ2v) is 11.8. The number of benzene rings is 1. The summed E-state index contributed by atoms with van der Waals surface area (Å²) in [5, 5.41) is 24.2. The number of rotatable bonds is 9. The molecule has 1 aromatic heterocycles. The molecule has 0 aliphatic carbocycles. The first-order chi connectivity index (χ1) is 18.5. The van der Waals surface area contributed by atoms with Crippen molar-refractivity contribution in [2.45, 2.75) is 43.4 Å². The number of aliphatic hydroxyl groups is 1. The third kappa shape index (κ3) is 6.25. The van der Waals surface area contributed by atoms with E-state index < -0.39 is 53.5 Å². The number of carbonyl (C=O) groups excluding carboxylic acids is 4. The number of β-lactam (4-membered cyclic amide) rings is 1. The summed E-state index contributed by atoms with van der Waals surface area (Å²) in [6.07, 6.45) is -1.45. The number of fused-ring (bicyclic) bond motifs is 1. The number of ether oxygens (including phenoxy) is 2. The molecule has 4 rings (SSSR count). The molecule has 2 amide bonds. The van der Waals surface area contributed by atoms with Crippen LogP contribution in [0.4, 0.5) is 0 Å². The lowest BCUT2D eigenvalue weighted by Crippen LogP contribution is -2.71. The largest absolute Gasteiger partial charge is 0.427 e. The number of thioether (sulfide) groups is 2. The monoisotopic (exact) mass is 576 g/mol. The van der Waals surface area contributed by atoms with Gasteiger partial charge in [0.15, 0.2) is 6.10 Å². The van der Waals surface area contributed by atoms with E-state index >= 15 is 0 Å². The topological polar surface area (TPSA) is 166 Å². The van der Waals surface area contributed by atoms with E-state index in [1.807, 2.05) is 0 Å². The van der Waals surface area contributed by atoms with E-state index in [1.165, 1.54) is 33.1 Å².